The molecule has 1 rings (SSSR count). The minimum absolute atomic E-state index is 0. The Morgan fingerprint density at radius 2 is 2.00 bits per heavy atom. The summed E-state index contributed by atoms with van der Waals surface area (Å²) in [5, 5.41) is 0. The normalized spacial score (nSPS) is 9.00. The van der Waals surface area contributed by atoms with Crippen LogP contribution in [0.5, 0.6) is 0 Å². The first-order valence-electron chi connectivity index (χ1n) is 4.07. The number of hydrogen-bond acceptors (Lipinski definition) is 2. The van der Waals surface area contributed by atoms with Crippen molar-refractivity contribution in [1.29, 1.82) is 0 Å². The van der Waals surface area contributed by atoms with Crippen LogP contribution in [0.4, 0.5) is 0 Å². The molecule has 1 aromatic rings. The van der Waals surface area contributed by atoms with Crippen LogP contribution in [0, 0.1) is 0 Å². The summed E-state index contributed by atoms with van der Waals surface area (Å²) >= 11 is 6.78. The fourth-order valence-electron chi connectivity index (χ4n) is 1.08. The van der Waals surface area contributed by atoms with Crippen molar-refractivity contribution >= 4 is 66.0 Å². The van der Waals surface area contributed by atoms with Gasteiger partial charge in [-0.25, -0.2) is 0 Å². The van der Waals surface area contributed by atoms with E-state index in [2.05, 4.69) is 17.0 Å². The summed E-state index contributed by atoms with van der Waals surface area (Å²) in [7, 11) is 2.02. The summed E-state index contributed by atoms with van der Waals surface area (Å²) in [6.45, 7) is 0.889. The molecule has 0 atom stereocenters. The van der Waals surface area contributed by atoms with Crippen LogP contribution in [0.15, 0.2) is 30.3 Å². The van der Waals surface area contributed by atoms with E-state index in [-0.39, 0.29) is 40.6 Å². The Balaban J connectivity index is -0.000000563. The molecule has 0 heterocycles. The van der Waals surface area contributed by atoms with Crippen LogP contribution in [-0.2, 0) is 6.54 Å². The molecule has 0 bridgehead atoms. The molecule has 0 saturated heterocycles. The van der Waals surface area contributed by atoms with Crippen molar-refractivity contribution in [3.8, 4) is 0 Å². The summed E-state index contributed by atoms with van der Waals surface area (Å²) in [6, 6.07) is 10.3. The van der Waals surface area contributed by atoms with Crippen LogP contribution in [0.1, 0.15) is 8.42 Å². The molecule has 0 N–H and O–H groups in total. The van der Waals surface area contributed by atoms with Gasteiger partial charge in [-0.2, -0.15) is 0 Å². The van der Waals surface area contributed by atoms with E-state index in [1.165, 1.54) is 5.56 Å². The maximum Gasteiger partial charge on any atom is 2.00 e. The van der Waals surface area contributed by atoms with Crippen LogP contribution in [0.2, 0.25) is 0 Å². The molecule has 0 aliphatic carbocycles. The van der Waals surface area contributed by atoms with E-state index >= 15 is 0 Å². The van der Waals surface area contributed by atoms with Crippen LogP contribution in [0.25, 0.3) is 0 Å². The molecule has 4 heteroatoms. The van der Waals surface area contributed by atoms with Crippen molar-refractivity contribution < 1.29 is 2.85 Å². The van der Waals surface area contributed by atoms with Gasteiger partial charge in [-0.05, 0) is 11.8 Å². The van der Waals surface area contributed by atoms with Crippen molar-refractivity contribution in [2.75, 3.05) is 13.3 Å². The zero-order valence-corrected chi connectivity index (χ0v) is 12.4. The predicted octanol–water partition coefficient (Wildman–Crippen LogP) is 2.61. The molecule has 0 saturated carbocycles. The quantitative estimate of drug-likeness (QED) is 0.589. The van der Waals surface area contributed by atoms with Gasteiger partial charge in [0.15, 0.2) is 0 Å². The predicted molar refractivity (Wildman–Crippen MR) is 72.0 cm³/mol. The first kappa shape index (κ1) is 14.7. The van der Waals surface area contributed by atoms with Gasteiger partial charge in [-0.1, -0.05) is 42.5 Å². The second kappa shape index (κ2) is 7.94. The number of hydrogen-bond donors (Lipinski definition) is 0. The van der Waals surface area contributed by atoms with Gasteiger partial charge in [0.05, 0.1) is 0 Å². The summed E-state index contributed by atoms with van der Waals surface area (Å²) in [6.07, 6.45) is 2.00. The van der Waals surface area contributed by atoms with Crippen molar-refractivity contribution in [3.63, 3.8) is 0 Å². The molecule has 0 amide bonds. The minimum Gasteiger partial charge on any atom is -1.00 e. The third-order valence-corrected chi connectivity index (χ3v) is 3.22. The Morgan fingerprint density at radius 3 is 2.50 bits per heavy atom. The molecule has 0 aromatic heterocycles. The topological polar surface area (TPSA) is 3.24 Å². The van der Waals surface area contributed by atoms with Gasteiger partial charge in [0.25, 0.3) is 0 Å². The van der Waals surface area contributed by atoms with Crippen LogP contribution in [-0.4, -0.2) is 60.3 Å². The first-order chi connectivity index (χ1) is 6.24. The molecule has 0 unspecified atom stereocenters. The van der Waals surface area contributed by atoms with Gasteiger partial charge in [-0.15, -0.1) is 11.8 Å². The standard InChI is InChI=1S/C10H13NS2.Ca.2H/c1-11(10(12)13-2)8-9-6-4-3-5-7-9;;;/h3-7H,8H2,1-2H3;;;/q;+2;2*-1. The van der Waals surface area contributed by atoms with Crippen molar-refractivity contribution in [2.24, 2.45) is 0 Å². The molecule has 1 aromatic carbocycles. The molecule has 0 aliphatic rings. The molecule has 14 heavy (non-hydrogen) atoms. The van der Waals surface area contributed by atoms with E-state index in [1.54, 1.807) is 11.8 Å². The zero-order chi connectivity index (χ0) is 9.68. The summed E-state index contributed by atoms with van der Waals surface area (Å²) < 4.78 is 0.934. The van der Waals surface area contributed by atoms with Gasteiger partial charge in [0.2, 0.25) is 0 Å². The van der Waals surface area contributed by atoms with Crippen molar-refractivity contribution in [3.05, 3.63) is 35.9 Å². The largest absolute Gasteiger partial charge is 2.00 e. The Labute approximate surface area is 128 Å². The average Bonchev–Trinajstić information content (AvgIpc) is 2.18. The summed E-state index contributed by atoms with van der Waals surface area (Å²) in [4.78, 5) is 2.08. The molecule has 74 valence electrons. The smallest absolute Gasteiger partial charge is 1.00 e. The maximum absolute atomic E-state index is 5.17. The molecular weight excluding hydrogens is 238 g/mol. The molecule has 0 radical (unpaired) electrons. The summed E-state index contributed by atoms with van der Waals surface area (Å²) in [5.41, 5.74) is 1.29. The van der Waals surface area contributed by atoms with E-state index in [9.17, 15) is 0 Å². The number of nitrogens with zero attached hydrogens (tertiary/aromatic N) is 1. The fourth-order valence-corrected chi connectivity index (χ4v) is 1.52. The van der Waals surface area contributed by atoms with E-state index in [4.69, 9.17) is 12.2 Å². The molecule has 0 spiro atoms. The van der Waals surface area contributed by atoms with Gasteiger partial charge in [0.1, 0.15) is 4.32 Å². The second-order valence-corrected chi connectivity index (χ2v) is 4.25. The Kier molecular flexibility index (Phi) is 8.35. The third kappa shape index (κ3) is 4.99. The van der Waals surface area contributed by atoms with Gasteiger partial charge in [-0.3, -0.25) is 0 Å². The van der Waals surface area contributed by atoms with Crippen LogP contribution >= 0.6 is 24.0 Å². The monoisotopic (exact) mass is 253 g/mol. The van der Waals surface area contributed by atoms with E-state index in [0.29, 0.717) is 0 Å². The number of thioether (sulfide) groups is 1. The van der Waals surface area contributed by atoms with Gasteiger partial charge >= 0.3 is 37.7 Å². The van der Waals surface area contributed by atoms with Crippen LogP contribution in [0.3, 0.4) is 0 Å². The summed E-state index contributed by atoms with van der Waals surface area (Å²) in [5.74, 6) is 0. The Hall–Kier alpha value is 0.720. The van der Waals surface area contributed by atoms with Crippen LogP contribution < -0.4 is 0 Å². The molecule has 0 aliphatic heterocycles. The Bertz CT molecular complexity index is 285. The molecular formula is C10H15CaNS2. The Morgan fingerprint density at radius 1 is 1.43 bits per heavy atom. The minimum atomic E-state index is 0. The van der Waals surface area contributed by atoms with Crippen molar-refractivity contribution in [1.82, 2.24) is 4.90 Å². The fraction of sp³-hybridized carbons (Fsp3) is 0.300. The van der Waals surface area contributed by atoms with E-state index in [1.807, 2.05) is 31.5 Å². The van der Waals surface area contributed by atoms with Gasteiger partial charge in [0, 0.05) is 13.6 Å². The number of thiocarbonyl (C=S) groups is 1. The first-order valence-corrected chi connectivity index (χ1v) is 5.70. The maximum atomic E-state index is 5.17. The van der Waals surface area contributed by atoms with E-state index < -0.39 is 0 Å². The van der Waals surface area contributed by atoms with Crippen molar-refractivity contribution in [2.45, 2.75) is 6.54 Å². The average molecular weight is 253 g/mol. The third-order valence-electron chi connectivity index (χ3n) is 1.75. The zero-order valence-electron chi connectivity index (χ0n) is 10.6. The number of rotatable bonds is 2. The second-order valence-electron chi connectivity index (χ2n) is 2.81. The molecule has 0 fully saturated rings. The van der Waals surface area contributed by atoms with E-state index in [0.717, 1.165) is 10.9 Å². The molecule has 1 nitrogen and oxygen atoms in total. The SMILES string of the molecule is CSC(=S)N(C)Cc1ccccc1.[Ca+2].[H-].[H-]. The van der Waals surface area contributed by atoms with Gasteiger partial charge < -0.3 is 7.75 Å². The number of benzene rings is 1.